The van der Waals surface area contributed by atoms with E-state index in [0.717, 1.165) is 35.7 Å². The number of carbonyl (C=O) groups is 1. The van der Waals surface area contributed by atoms with Gasteiger partial charge in [0.25, 0.3) is 0 Å². The number of rotatable bonds is 7. The molecule has 1 aromatic heterocycles. The van der Waals surface area contributed by atoms with Gasteiger partial charge >= 0.3 is 0 Å². The summed E-state index contributed by atoms with van der Waals surface area (Å²) in [5, 5.41) is 3.83. The molecular formula is C24H29N3O3S. The van der Waals surface area contributed by atoms with Gasteiger partial charge in [-0.15, -0.1) is 0 Å². The normalized spacial score (nSPS) is 15.3. The lowest BCUT2D eigenvalue weighted by atomic mass is 10.1. The number of piperidine rings is 1. The van der Waals surface area contributed by atoms with Gasteiger partial charge in [-0.2, -0.15) is 4.31 Å². The van der Waals surface area contributed by atoms with Crippen molar-refractivity contribution in [1.82, 2.24) is 14.2 Å². The molecular weight excluding hydrogens is 410 g/mol. The quantitative estimate of drug-likeness (QED) is 0.608. The minimum atomic E-state index is -3.45. The molecule has 4 rings (SSSR count). The molecule has 6 nitrogen and oxygen atoms in total. The van der Waals surface area contributed by atoms with Crippen LogP contribution in [0.15, 0.2) is 59.6 Å². The molecule has 2 heterocycles. The van der Waals surface area contributed by atoms with Crippen molar-refractivity contribution in [2.45, 2.75) is 50.6 Å². The van der Waals surface area contributed by atoms with Crippen LogP contribution >= 0.6 is 0 Å². The Morgan fingerprint density at radius 2 is 1.74 bits per heavy atom. The molecule has 164 valence electrons. The fraction of sp³-hybridized carbons (Fsp3) is 0.375. The zero-order chi connectivity index (χ0) is 21.8. The van der Waals surface area contributed by atoms with E-state index in [9.17, 15) is 13.2 Å². The van der Waals surface area contributed by atoms with Crippen LogP contribution in [0.3, 0.4) is 0 Å². The third-order valence-corrected chi connectivity index (χ3v) is 7.78. The van der Waals surface area contributed by atoms with E-state index in [0.29, 0.717) is 37.5 Å². The number of benzene rings is 2. The van der Waals surface area contributed by atoms with Crippen molar-refractivity contribution in [2.24, 2.45) is 0 Å². The lowest BCUT2D eigenvalue weighted by molar-refractivity contribution is -0.121. The summed E-state index contributed by atoms with van der Waals surface area (Å²) in [7, 11) is -3.45. The van der Waals surface area contributed by atoms with Gasteiger partial charge in [0.05, 0.1) is 4.90 Å². The summed E-state index contributed by atoms with van der Waals surface area (Å²) in [6, 6.07) is 15.3. The second-order valence-electron chi connectivity index (χ2n) is 8.21. The van der Waals surface area contributed by atoms with Gasteiger partial charge < -0.3 is 9.88 Å². The molecule has 0 aliphatic carbocycles. The van der Waals surface area contributed by atoms with Crippen molar-refractivity contribution >= 4 is 26.8 Å². The summed E-state index contributed by atoms with van der Waals surface area (Å²) in [4.78, 5) is 12.6. The summed E-state index contributed by atoms with van der Waals surface area (Å²) in [5.74, 6) is -0.00767. The van der Waals surface area contributed by atoms with Crippen LogP contribution in [0.4, 0.5) is 0 Å². The Balaban J connectivity index is 1.39. The molecule has 31 heavy (non-hydrogen) atoms. The van der Waals surface area contributed by atoms with Gasteiger partial charge in [-0.25, -0.2) is 8.42 Å². The Morgan fingerprint density at radius 3 is 2.48 bits per heavy atom. The molecule has 0 radical (unpaired) electrons. The first-order chi connectivity index (χ1) is 14.9. The van der Waals surface area contributed by atoms with E-state index in [1.165, 1.54) is 5.56 Å². The third kappa shape index (κ3) is 4.99. The molecule has 0 unspecified atom stereocenters. The fourth-order valence-corrected chi connectivity index (χ4v) is 5.56. The van der Waals surface area contributed by atoms with E-state index in [1.54, 1.807) is 16.4 Å². The minimum absolute atomic E-state index is 0.00767. The summed E-state index contributed by atoms with van der Waals surface area (Å²) >= 11 is 0. The second-order valence-corrected chi connectivity index (χ2v) is 10.1. The molecule has 1 amide bonds. The van der Waals surface area contributed by atoms with E-state index in [-0.39, 0.29) is 5.91 Å². The van der Waals surface area contributed by atoms with Crippen molar-refractivity contribution in [1.29, 1.82) is 0 Å². The average molecular weight is 440 g/mol. The van der Waals surface area contributed by atoms with Crippen molar-refractivity contribution in [3.63, 3.8) is 0 Å². The molecule has 3 aromatic rings. The van der Waals surface area contributed by atoms with Gasteiger partial charge in [0.15, 0.2) is 0 Å². The number of amides is 1. The first-order valence-electron chi connectivity index (χ1n) is 10.8. The molecule has 0 bridgehead atoms. The SMILES string of the molecule is Cc1ccc(CNC(=O)CCn2ccc3cc(S(=O)(=O)N4CCCCC4)ccc32)cc1. The number of nitrogens with one attached hydrogen (secondary N) is 1. The van der Waals surface area contributed by atoms with Crippen LogP contribution in [0.2, 0.25) is 0 Å². The number of fused-ring (bicyclic) bond motifs is 1. The van der Waals surface area contributed by atoms with E-state index >= 15 is 0 Å². The minimum Gasteiger partial charge on any atom is -0.352 e. The van der Waals surface area contributed by atoms with E-state index in [1.807, 2.05) is 54.1 Å². The highest BCUT2D eigenvalue weighted by Gasteiger charge is 2.26. The van der Waals surface area contributed by atoms with Crippen LogP contribution in [0.5, 0.6) is 0 Å². The molecule has 0 atom stereocenters. The van der Waals surface area contributed by atoms with E-state index in [2.05, 4.69) is 5.32 Å². The summed E-state index contributed by atoms with van der Waals surface area (Å²) < 4.78 is 29.4. The molecule has 1 fully saturated rings. The van der Waals surface area contributed by atoms with Crippen LogP contribution in [-0.4, -0.2) is 36.3 Å². The van der Waals surface area contributed by atoms with Crippen LogP contribution in [-0.2, 0) is 27.9 Å². The molecule has 1 saturated heterocycles. The predicted octanol–water partition coefficient (Wildman–Crippen LogP) is 3.83. The van der Waals surface area contributed by atoms with Crippen LogP contribution in [0, 0.1) is 6.92 Å². The van der Waals surface area contributed by atoms with Crippen molar-refractivity contribution in [3.8, 4) is 0 Å². The van der Waals surface area contributed by atoms with E-state index in [4.69, 9.17) is 0 Å². The Bertz CT molecular complexity index is 1160. The smallest absolute Gasteiger partial charge is 0.243 e. The van der Waals surface area contributed by atoms with Crippen molar-refractivity contribution in [2.75, 3.05) is 13.1 Å². The number of aromatic nitrogens is 1. The van der Waals surface area contributed by atoms with Gasteiger partial charge in [-0.3, -0.25) is 4.79 Å². The number of carbonyl (C=O) groups excluding carboxylic acids is 1. The van der Waals surface area contributed by atoms with Crippen molar-refractivity contribution < 1.29 is 13.2 Å². The molecule has 0 spiro atoms. The Morgan fingerprint density at radius 1 is 1.00 bits per heavy atom. The zero-order valence-corrected chi connectivity index (χ0v) is 18.7. The first kappa shape index (κ1) is 21.6. The van der Waals surface area contributed by atoms with Gasteiger partial charge in [-0.05, 0) is 49.6 Å². The molecule has 0 saturated carbocycles. The average Bonchev–Trinajstić information content (AvgIpc) is 3.20. The maximum Gasteiger partial charge on any atom is 0.243 e. The maximum atomic E-state index is 12.9. The van der Waals surface area contributed by atoms with Crippen LogP contribution in [0.25, 0.3) is 10.9 Å². The fourth-order valence-electron chi connectivity index (χ4n) is 4.00. The first-order valence-corrected chi connectivity index (χ1v) is 12.3. The largest absolute Gasteiger partial charge is 0.352 e. The zero-order valence-electron chi connectivity index (χ0n) is 17.9. The number of sulfonamides is 1. The van der Waals surface area contributed by atoms with Crippen LogP contribution < -0.4 is 5.32 Å². The van der Waals surface area contributed by atoms with Crippen molar-refractivity contribution in [3.05, 3.63) is 65.9 Å². The molecule has 1 aliphatic heterocycles. The molecule has 1 N–H and O–H groups in total. The highest BCUT2D eigenvalue weighted by atomic mass is 32.2. The number of nitrogens with zero attached hydrogens (tertiary/aromatic N) is 2. The molecule has 1 aliphatic rings. The lowest BCUT2D eigenvalue weighted by Gasteiger charge is -2.25. The summed E-state index contributed by atoms with van der Waals surface area (Å²) in [6.07, 6.45) is 5.21. The standard InChI is InChI=1S/C24H29N3O3S/c1-19-5-7-20(8-6-19)18-25-24(28)12-16-26-15-11-21-17-22(9-10-23(21)26)31(29,30)27-13-3-2-4-14-27/h5-11,15,17H,2-4,12-14,16,18H2,1H3,(H,25,28). The number of hydrogen-bond acceptors (Lipinski definition) is 3. The van der Waals surface area contributed by atoms with Gasteiger partial charge in [0.1, 0.15) is 0 Å². The molecule has 2 aromatic carbocycles. The third-order valence-electron chi connectivity index (χ3n) is 5.89. The van der Waals surface area contributed by atoms with Gasteiger partial charge in [0.2, 0.25) is 15.9 Å². The van der Waals surface area contributed by atoms with Crippen LogP contribution in [0.1, 0.15) is 36.8 Å². The number of hydrogen-bond donors (Lipinski definition) is 1. The second kappa shape index (κ2) is 9.24. The Labute approximate surface area is 183 Å². The summed E-state index contributed by atoms with van der Waals surface area (Å²) in [5.41, 5.74) is 3.21. The predicted molar refractivity (Wildman–Crippen MR) is 122 cm³/mol. The number of aryl methyl sites for hydroxylation is 2. The monoisotopic (exact) mass is 439 g/mol. The Hall–Kier alpha value is -2.64. The van der Waals surface area contributed by atoms with E-state index < -0.39 is 10.0 Å². The Kier molecular flexibility index (Phi) is 6.43. The summed E-state index contributed by atoms with van der Waals surface area (Å²) in [6.45, 7) is 4.29. The maximum absolute atomic E-state index is 12.9. The topological polar surface area (TPSA) is 71.4 Å². The highest BCUT2D eigenvalue weighted by Crippen LogP contribution is 2.25. The van der Waals surface area contributed by atoms with Gasteiger partial charge in [-0.1, -0.05) is 36.2 Å². The highest BCUT2D eigenvalue weighted by molar-refractivity contribution is 7.89. The lowest BCUT2D eigenvalue weighted by Crippen LogP contribution is -2.35. The molecule has 7 heteroatoms. The van der Waals surface area contributed by atoms with Gasteiger partial charge in [0, 0.05) is 49.7 Å².